The van der Waals surface area contributed by atoms with Crippen LogP contribution in [-0.4, -0.2) is 22.5 Å². The number of benzene rings is 1. The van der Waals surface area contributed by atoms with Gasteiger partial charge in [-0.25, -0.2) is 0 Å². The summed E-state index contributed by atoms with van der Waals surface area (Å²) in [4.78, 5) is 23.3. The van der Waals surface area contributed by atoms with Crippen LogP contribution in [0.4, 0.5) is 0 Å². The van der Waals surface area contributed by atoms with Crippen molar-refractivity contribution in [2.75, 3.05) is 0 Å². The Balaban J connectivity index is 1.95. The van der Waals surface area contributed by atoms with Gasteiger partial charge in [0.05, 0.1) is 12.0 Å². The SMILES string of the molecule is CC(CC(=O)NC1(CC(=O)O)CCCC1)c1ccccc1. The highest BCUT2D eigenvalue weighted by molar-refractivity contribution is 5.79. The van der Waals surface area contributed by atoms with Crippen LogP contribution in [0.1, 0.15) is 56.9 Å². The van der Waals surface area contributed by atoms with Gasteiger partial charge in [0.2, 0.25) is 5.91 Å². The Kier molecular flexibility index (Phi) is 4.99. The number of nitrogens with one attached hydrogen (secondary N) is 1. The highest BCUT2D eigenvalue weighted by atomic mass is 16.4. The molecule has 2 rings (SSSR count). The number of amides is 1. The van der Waals surface area contributed by atoms with E-state index >= 15 is 0 Å². The van der Waals surface area contributed by atoms with Gasteiger partial charge < -0.3 is 10.4 Å². The number of carbonyl (C=O) groups excluding carboxylic acids is 1. The van der Waals surface area contributed by atoms with Crippen molar-refractivity contribution in [3.8, 4) is 0 Å². The lowest BCUT2D eigenvalue weighted by molar-refractivity contribution is -0.139. The molecule has 0 aliphatic heterocycles. The summed E-state index contributed by atoms with van der Waals surface area (Å²) in [6.45, 7) is 2.02. The van der Waals surface area contributed by atoms with Crippen LogP contribution in [0.2, 0.25) is 0 Å². The van der Waals surface area contributed by atoms with Crippen LogP contribution in [0.15, 0.2) is 30.3 Å². The van der Waals surface area contributed by atoms with Gasteiger partial charge in [-0.3, -0.25) is 9.59 Å². The van der Waals surface area contributed by atoms with Gasteiger partial charge >= 0.3 is 5.97 Å². The molecule has 1 aromatic carbocycles. The normalized spacial score (nSPS) is 18.1. The van der Waals surface area contributed by atoms with E-state index in [1.165, 1.54) is 0 Å². The molecule has 4 heteroatoms. The van der Waals surface area contributed by atoms with Crippen LogP contribution in [0.25, 0.3) is 0 Å². The third-order valence-electron chi connectivity index (χ3n) is 4.32. The molecular weight excluding hydrogens is 266 g/mol. The van der Waals surface area contributed by atoms with Gasteiger partial charge in [-0.1, -0.05) is 50.1 Å². The third-order valence-corrected chi connectivity index (χ3v) is 4.32. The summed E-state index contributed by atoms with van der Waals surface area (Å²) in [5.74, 6) is -0.753. The van der Waals surface area contributed by atoms with Crippen LogP contribution < -0.4 is 5.32 Å². The summed E-state index contributed by atoms with van der Waals surface area (Å²) in [6.07, 6.45) is 3.93. The monoisotopic (exact) mass is 289 g/mol. The molecule has 114 valence electrons. The van der Waals surface area contributed by atoms with Crippen molar-refractivity contribution < 1.29 is 14.7 Å². The lowest BCUT2D eigenvalue weighted by Crippen LogP contribution is -2.48. The molecular formula is C17H23NO3. The van der Waals surface area contributed by atoms with E-state index in [1.807, 2.05) is 37.3 Å². The molecule has 0 heterocycles. The first-order valence-electron chi connectivity index (χ1n) is 7.58. The highest BCUT2D eigenvalue weighted by Gasteiger charge is 2.37. The second-order valence-electron chi connectivity index (χ2n) is 6.12. The molecule has 0 bridgehead atoms. The number of aliphatic carboxylic acids is 1. The second-order valence-corrected chi connectivity index (χ2v) is 6.12. The fourth-order valence-corrected chi connectivity index (χ4v) is 3.21. The molecule has 1 fully saturated rings. The van der Waals surface area contributed by atoms with Crippen molar-refractivity contribution >= 4 is 11.9 Å². The molecule has 0 saturated heterocycles. The smallest absolute Gasteiger partial charge is 0.305 e. The summed E-state index contributed by atoms with van der Waals surface area (Å²) in [5.41, 5.74) is 0.602. The molecule has 4 nitrogen and oxygen atoms in total. The maximum atomic E-state index is 12.3. The molecule has 0 aromatic heterocycles. The summed E-state index contributed by atoms with van der Waals surface area (Å²) in [5, 5.41) is 12.1. The summed E-state index contributed by atoms with van der Waals surface area (Å²) in [6, 6.07) is 9.91. The minimum atomic E-state index is -0.840. The quantitative estimate of drug-likeness (QED) is 0.845. The first-order valence-corrected chi connectivity index (χ1v) is 7.58. The van der Waals surface area contributed by atoms with Crippen LogP contribution >= 0.6 is 0 Å². The van der Waals surface area contributed by atoms with Crippen molar-refractivity contribution in [2.45, 2.75) is 56.9 Å². The van der Waals surface area contributed by atoms with Gasteiger partial charge in [0.15, 0.2) is 0 Å². The van der Waals surface area contributed by atoms with Gasteiger partial charge in [0.25, 0.3) is 0 Å². The maximum absolute atomic E-state index is 12.3. The van der Waals surface area contributed by atoms with E-state index in [-0.39, 0.29) is 18.2 Å². The number of carboxylic acid groups (broad SMARTS) is 1. The van der Waals surface area contributed by atoms with Crippen LogP contribution in [-0.2, 0) is 9.59 Å². The topological polar surface area (TPSA) is 66.4 Å². The first kappa shape index (κ1) is 15.5. The van der Waals surface area contributed by atoms with Gasteiger partial charge in [0.1, 0.15) is 0 Å². The Hall–Kier alpha value is -1.84. The molecule has 1 saturated carbocycles. The molecule has 1 unspecified atom stereocenters. The van der Waals surface area contributed by atoms with Gasteiger partial charge in [-0.15, -0.1) is 0 Å². The van der Waals surface area contributed by atoms with E-state index in [2.05, 4.69) is 5.32 Å². The molecule has 21 heavy (non-hydrogen) atoms. The molecule has 1 atom stereocenters. The maximum Gasteiger partial charge on any atom is 0.305 e. The van der Waals surface area contributed by atoms with Gasteiger partial charge in [0, 0.05) is 6.42 Å². The van der Waals surface area contributed by atoms with Crippen LogP contribution in [0.3, 0.4) is 0 Å². The molecule has 0 spiro atoms. The van der Waals surface area contributed by atoms with E-state index in [9.17, 15) is 9.59 Å². The zero-order valence-corrected chi connectivity index (χ0v) is 12.5. The van der Waals surface area contributed by atoms with Gasteiger partial charge in [-0.2, -0.15) is 0 Å². The number of rotatable bonds is 6. The zero-order chi connectivity index (χ0) is 15.3. The standard InChI is InChI=1S/C17H23NO3/c1-13(14-7-3-2-4-8-14)11-15(19)18-17(12-16(20)21)9-5-6-10-17/h2-4,7-8,13H,5-6,9-12H2,1H3,(H,18,19)(H,20,21). The predicted octanol–water partition coefficient (Wildman–Crippen LogP) is 3.08. The van der Waals surface area contributed by atoms with Crippen molar-refractivity contribution in [2.24, 2.45) is 0 Å². The number of carbonyl (C=O) groups is 2. The minimum absolute atomic E-state index is 0.0262. The van der Waals surface area contributed by atoms with E-state index in [4.69, 9.17) is 5.11 Å². The Labute approximate surface area is 125 Å². The fourth-order valence-electron chi connectivity index (χ4n) is 3.21. The second kappa shape index (κ2) is 6.74. The largest absolute Gasteiger partial charge is 0.481 e. The van der Waals surface area contributed by atoms with Crippen molar-refractivity contribution in [1.82, 2.24) is 5.32 Å². The minimum Gasteiger partial charge on any atom is -0.481 e. The van der Waals surface area contributed by atoms with Crippen LogP contribution in [0.5, 0.6) is 0 Å². The van der Waals surface area contributed by atoms with Crippen LogP contribution in [0, 0.1) is 0 Å². The Bertz CT molecular complexity index is 492. The Morgan fingerprint density at radius 3 is 2.43 bits per heavy atom. The molecule has 1 aliphatic carbocycles. The number of hydrogen-bond donors (Lipinski definition) is 2. The lowest BCUT2D eigenvalue weighted by Gasteiger charge is -2.29. The molecule has 1 aliphatic rings. The first-order chi connectivity index (χ1) is 10.0. The van der Waals surface area contributed by atoms with E-state index in [0.717, 1.165) is 31.2 Å². The number of carboxylic acids is 1. The van der Waals surface area contributed by atoms with E-state index in [1.54, 1.807) is 0 Å². The Morgan fingerprint density at radius 2 is 1.86 bits per heavy atom. The van der Waals surface area contributed by atoms with Crippen molar-refractivity contribution in [3.63, 3.8) is 0 Å². The molecule has 1 amide bonds. The van der Waals surface area contributed by atoms with E-state index < -0.39 is 11.5 Å². The molecule has 1 aromatic rings. The Morgan fingerprint density at radius 1 is 1.24 bits per heavy atom. The summed E-state index contributed by atoms with van der Waals surface area (Å²) < 4.78 is 0. The summed E-state index contributed by atoms with van der Waals surface area (Å²) in [7, 11) is 0. The zero-order valence-electron chi connectivity index (χ0n) is 12.5. The molecule has 2 N–H and O–H groups in total. The highest BCUT2D eigenvalue weighted by Crippen LogP contribution is 2.33. The average molecular weight is 289 g/mol. The van der Waals surface area contributed by atoms with E-state index in [0.29, 0.717) is 6.42 Å². The van der Waals surface area contributed by atoms with Crippen molar-refractivity contribution in [3.05, 3.63) is 35.9 Å². The van der Waals surface area contributed by atoms with Gasteiger partial charge in [-0.05, 0) is 24.3 Å². The number of hydrogen-bond acceptors (Lipinski definition) is 2. The fraction of sp³-hybridized carbons (Fsp3) is 0.529. The third kappa shape index (κ3) is 4.31. The van der Waals surface area contributed by atoms with Crippen molar-refractivity contribution in [1.29, 1.82) is 0 Å². The average Bonchev–Trinajstić information content (AvgIpc) is 2.86. The predicted molar refractivity (Wildman–Crippen MR) is 81.1 cm³/mol. The molecule has 0 radical (unpaired) electrons. The summed E-state index contributed by atoms with van der Waals surface area (Å²) >= 11 is 0. The lowest BCUT2D eigenvalue weighted by atomic mass is 9.91.